The summed E-state index contributed by atoms with van der Waals surface area (Å²) >= 11 is 1.68. The van der Waals surface area contributed by atoms with Crippen molar-refractivity contribution in [2.45, 2.75) is 52.0 Å². The van der Waals surface area contributed by atoms with Crippen molar-refractivity contribution in [3.05, 3.63) is 21.9 Å². The van der Waals surface area contributed by atoms with E-state index in [1.54, 1.807) is 11.3 Å². The fraction of sp³-hybridized carbons (Fsp3) is 0.600. The molecule has 0 bridgehead atoms. The summed E-state index contributed by atoms with van der Waals surface area (Å²) < 4.78 is 0. The van der Waals surface area contributed by atoms with Crippen LogP contribution < -0.4 is 5.32 Å². The van der Waals surface area contributed by atoms with E-state index in [1.807, 2.05) is 32.2 Å². The van der Waals surface area contributed by atoms with Crippen molar-refractivity contribution < 1.29 is 14.7 Å². The predicted octanol–water partition coefficient (Wildman–Crippen LogP) is 2.78. The lowest BCUT2D eigenvalue weighted by atomic mass is 9.84. The van der Waals surface area contributed by atoms with E-state index < -0.39 is 17.4 Å². The molecule has 1 aliphatic carbocycles. The number of rotatable bonds is 3. The standard InChI is InChI=1S/C15H21NO3S/c1-15(2,3)12(14(18)19)16-13(17)10-5-4-6-11-9(10)7-8-20-11/h7-8,10,12H,4-6H2,1-3H3,(H,16,17)(H,18,19)/t10?,12-/m1/s1. The molecule has 2 N–H and O–H groups in total. The first-order chi connectivity index (χ1) is 9.30. The van der Waals surface area contributed by atoms with Gasteiger partial charge in [-0.05, 0) is 41.7 Å². The van der Waals surface area contributed by atoms with E-state index in [-0.39, 0.29) is 11.8 Å². The lowest BCUT2D eigenvalue weighted by Gasteiger charge is -2.30. The fourth-order valence-corrected chi connectivity index (χ4v) is 3.64. The Hall–Kier alpha value is -1.36. The van der Waals surface area contributed by atoms with Crippen LogP contribution in [0.15, 0.2) is 11.4 Å². The van der Waals surface area contributed by atoms with E-state index in [2.05, 4.69) is 5.32 Å². The van der Waals surface area contributed by atoms with Gasteiger partial charge in [0.25, 0.3) is 0 Å². The number of hydrogen-bond donors (Lipinski definition) is 2. The van der Waals surface area contributed by atoms with E-state index in [0.29, 0.717) is 0 Å². The molecule has 0 spiro atoms. The maximum absolute atomic E-state index is 12.5. The SMILES string of the molecule is CC(C)(C)[C@H](NC(=O)C1CCCc2sccc21)C(=O)O. The molecule has 1 aromatic rings. The number of carbonyl (C=O) groups is 2. The van der Waals surface area contributed by atoms with E-state index >= 15 is 0 Å². The number of carbonyl (C=O) groups excluding carboxylic acids is 1. The van der Waals surface area contributed by atoms with Crippen LogP contribution in [0.25, 0.3) is 0 Å². The van der Waals surface area contributed by atoms with Crippen LogP contribution in [0, 0.1) is 5.41 Å². The molecule has 2 atom stereocenters. The van der Waals surface area contributed by atoms with Gasteiger partial charge in [-0.15, -0.1) is 11.3 Å². The highest BCUT2D eigenvalue weighted by Crippen LogP contribution is 2.35. The Morgan fingerprint density at radius 1 is 1.45 bits per heavy atom. The first-order valence-electron chi connectivity index (χ1n) is 6.90. The Morgan fingerprint density at radius 2 is 2.15 bits per heavy atom. The zero-order chi connectivity index (χ0) is 14.9. The summed E-state index contributed by atoms with van der Waals surface area (Å²) in [6, 6.07) is 1.13. The Balaban J connectivity index is 2.15. The number of nitrogens with one attached hydrogen (secondary N) is 1. The molecule has 2 rings (SSSR count). The zero-order valence-corrected chi connectivity index (χ0v) is 12.9. The molecule has 0 saturated heterocycles. The van der Waals surface area contributed by atoms with Gasteiger partial charge in [0.1, 0.15) is 6.04 Å². The molecule has 20 heavy (non-hydrogen) atoms. The molecule has 1 aromatic heterocycles. The highest BCUT2D eigenvalue weighted by atomic mass is 32.1. The smallest absolute Gasteiger partial charge is 0.326 e. The Morgan fingerprint density at radius 3 is 2.75 bits per heavy atom. The van der Waals surface area contributed by atoms with Gasteiger partial charge in [0.15, 0.2) is 0 Å². The van der Waals surface area contributed by atoms with Crippen molar-refractivity contribution in [2.75, 3.05) is 0 Å². The molecule has 0 aliphatic heterocycles. The minimum atomic E-state index is -0.979. The van der Waals surface area contributed by atoms with Gasteiger partial charge in [-0.1, -0.05) is 20.8 Å². The van der Waals surface area contributed by atoms with Crippen LogP contribution in [0.1, 0.15) is 50.0 Å². The molecule has 4 nitrogen and oxygen atoms in total. The second kappa shape index (κ2) is 5.56. The molecule has 5 heteroatoms. The minimum Gasteiger partial charge on any atom is -0.480 e. The topological polar surface area (TPSA) is 66.4 Å². The summed E-state index contributed by atoms with van der Waals surface area (Å²) in [6.07, 6.45) is 2.81. The Kier molecular flexibility index (Phi) is 4.18. The van der Waals surface area contributed by atoms with E-state index in [0.717, 1.165) is 24.8 Å². The average molecular weight is 295 g/mol. The van der Waals surface area contributed by atoms with Crippen molar-refractivity contribution in [3.8, 4) is 0 Å². The molecule has 1 aliphatic rings. The fourth-order valence-electron chi connectivity index (χ4n) is 2.65. The van der Waals surface area contributed by atoms with Crippen LogP contribution in [-0.2, 0) is 16.0 Å². The maximum atomic E-state index is 12.5. The summed E-state index contributed by atoms with van der Waals surface area (Å²) in [6.45, 7) is 5.47. The summed E-state index contributed by atoms with van der Waals surface area (Å²) in [7, 11) is 0. The van der Waals surface area contributed by atoms with Gasteiger partial charge < -0.3 is 10.4 Å². The van der Waals surface area contributed by atoms with Crippen molar-refractivity contribution in [1.29, 1.82) is 0 Å². The summed E-state index contributed by atoms with van der Waals surface area (Å²) in [5, 5.41) is 14.0. The largest absolute Gasteiger partial charge is 0.480 e. The second-order valence-electron chi connectivity index (χ2n) is 6.39. The van der Waals surface area contributed by atoms with Gasteiger partial charge in [-0.25, -0.2) is 4.79 Å². The lowest BCUT2D eigenvalue weighted by Crippen LogP contribution is -2.50. The average Bonchev–Trinajstić information content (AvgIpc) is 2.81. The van der Waals surface area contributed by atoms with Crippen LogP contribution >= 0.6 is 11.3 Å². The van der Waals surface area contributed by atoms with Crippen LogP contribution in [0.3, 0.4) is 0 Å². The number of thiophene rings is 1. The molecule has 0 saturated carbocycles. The minimum absolute atomic E-state index is 0.160. The zero-order valence-electron chi connectivity index (χ0n) is 12.1. The lowest BCUT2D eigenvalue weighted by molar-refractivity contribution is -0.145. The third kappa shape index (κ3) is 3.03. The van der Waals surface area contributed by atoms with Gasteiger partial charge in [0, 0.05) is 4.88 Å². The number of aryl methyl sites for hydroxylation is 1. The van der Waals surface area contributed by atoms with Crippen molar-refractivity contribution in [2.24, 2.45) is 5.41 Å². The van der Waals surface area contributed by atoms with Crippen molar-refractivity contribution in [1.82, 2.24) is 5.32 Å². The van der Waals surface area contributed by atoms with Crippen molar-refractivity contribution >= 4 is 23.2 Å². The third-order valence-electron chi connectivity index (χ3n) is 3.77. The highest BCUT2D eigenvalue weighted by Gasteiger charge is 2.35. The van der Waals surface area contributed by atoms with Crippen LogP contribution in [-0.4, -0.2) is 23.0 Å². The summed E-state index contributed by atoms with van der Waals surface area (Å²) in [5.41, 5.74) is 0.574. The van der Waals surface area contributed by atoms with E-state index in [9.17, 15) is 14.7 Å². The van der Waals surface area contributed by atoms with Gasteiger partial charge in [0.05, 0.1) is 5.92 Å². The normalized spacial score (nSPS) is 20.1. The molecular weight excluding hydrogens is 274 g/mol. The number of hydrogen-bond acceptors (Lipinski definition) is 3. The maximum Gasteiger partial charge on any atom is 0.326 e. The van der Waals surface area contributed by atoms with Crippen LogP contribution in [0.4, 0.5) is 0 Å². The van der Waals surface area contributed by atoms with E-state index in [1.165, 1.54) is 4.88 Å². The molecular formula is C15H21NO3S. The van der Waals surface area contributed by atoms with Gasteiger partial charge in [-0.3, -0.25) is 4.79 Å². The quantitative estimate of drug-likeness (QED) is 0.901. The summed E-state index contributed by atoms with van der Waals surface area (Å²) in [5.74, 6) is -1.34. The molecule has 0 aromatic carbocycles. The van der Waals surface area contributed by atoms with Crippen molar-refractivity contribution in [3.63, 3.8) is 0 Å². The number of carboxylic acids is 1. The third-order valence-corrected chi connectivity index (χ3v) is 4.76. The Labute approximate surface area is 123 Å². The first-order valence-corrected chi connectivity index (χ1v) is 7.78. The van der Waals surface area contributed by atoms with E-state index in [4.69, 9.17) is 0 Å². The number of carboxylic acid groups (broad SMARTS) is 1. The molecule has 1 heterocycles. The van der Waals surface area contributed by atoms with Gasteiger partial charge >= 0.3 is 5.97 Å². The van der Waals surface area contributed by atoms with Crippen LogP contribution in [0.5, 0.6) is 0 Å². The number of aliphatic carboxylic acids is 1. The highest BCUT2D eigenvalue weighted by molar-refractivity contribution is 7.10. The monoisotopic (exact) mass is 295 g/mol. The molecule has 110 valence electrons. The van der Waals surface area contributed by atoms with Gasteiger partial charge in [-0.2, -0.15) is 0 Å². The molecule has 0 fully saturated rings. The number of amides is 1. The van der Waals surface area contributed by atoms with Crippen LogP contribution in [0.2, 0.25) is 0 Å². The first kappa shape index (κ1) is 15.0. The number of fused-ring (bicyclic) bond motifs is 1. The Bertz CT molecular complexity index is 515. The predicted molar refractivity (Wildman–Crippen MR) is 79.0 cm³/mol. The summed E-state index contributed by atoms with van der Waals surface area (Å²) in [4.78, 5) is 25.1. The molecule has 1 amide bonds. The molecule has 0 radical (unpaired) electrons. The second-order valence-corrected chi connectivity index (χ2v) is 7.39. The van der Waals surface area contributed by atoms with Gasteiger partial charge in [0.2, 0.25) is 5.91 Å². The molecule has 1 unspecified atom stereocenters.